The first-order valence-electron chi connectivity index (χ1n) is 10.9. The van der Waals surface area contributed by atoms with E-state index in [0.717, 1.165) is 16.5 Å². The summed E-state index contributed by atoms with van der Waals surface area (Å²) in [5.74, 6) is -0.324. The van der Waals surface area contributed by atoms with Crippen LogP contribution in [0.2, 0.25) is 0 Å². The first-order valence-corrected chi connectivity index (χ1v) is 10.9. The van der Waals surface area contributed by atoms with Crippen molar-refractivity contribution in [2.45, 2.75) is 26.3 Å². The minimum atomic E-state index is -0.976. The number of methoxy groups -OCH3 is 1. The number of para-hydroxylation sites is 1. The molecule has 0 aliphatic carbocycles. The zero-order valence-corrected chi connectivity index (χ0v) is 19.6. The second-order valence-corrected chi connectivity index (χ2v) is 8.18. The average Bonchev–Trinajstić information content (AvgIpc) is 3.25. The first kappa shape index (κ1) is 25.2. The minimum Gasteiger partial charge on any atom is -0.490 e. The van der Waals surface area contributed by atoms with Crippen molar-refractivity contribution in [3.8, 4) is 5.75 Å². The third-order valence-corrected chi connectivity index (χ3v) is 5.04. The molecule has 1 unspecified atom stereocenters. The molecule has 184 valence electrons. The highest BCUT2D eigenvalue weighted by atomic mass is 16.6. The molecule has 1 atom stereocenters. The molecule has 0 aliphatic rings. The van der Waals surface area contributed by atoms with Gasteiger partial charge in [0.1, 0.15) is 6.04 Å². The molecule has 11 nitrogen and oxygen atoms in total. The lowest BCUT2D eigenvalue weighted by atomic mass is 10.0. The molecule has 1 heterocycles. The van der Waals surface area contributed by atoms with Gasteiger partial charge in [-0.15, -0.1) is 0 Å². The van der Waals surface area contributed by atoms with Gasteiger partial charge >= 0.3 is 11.8 Å². The van der Waals surface area contributed by atoms with E-state index < -0.39 is 23.0 Å². The Bertz CT molecular complexity index is 1240. The molecule has 0 aliphatic heterocycles. The molecule has 3 N–H and O–H groups in total. The van der Waals surface area contributed by atoms with Crippen LogP contribution in [0.5, 0.6) is 5.75 Å². The van der Waals surface area contributed by atoms with Crippen LogP contribution in [0, 0.1) is 16.0 Å². The topological polar surface area (TPSA) is 148 Å². The van der Waals surface area contributed by atoms with E-state index in [1.54, 1.807) is 12.3 Å². The number of carbonyl (C=O) groups is 2. The summed E-state index contributed by atoms with van der Waals surface area (Å²) in [6, 6.07) is 10.9. The summed E-state index contributed by atoms with van der Waals surface area (Å²) in [6.45, 7) is 4.02. The van der Waals surface area contributed by atoms with Crippen LogP contribution in [0.25, 0.3) is 10.9 Å². The van der Waals surface area contributed by atoms with Crippen molar-refractivity contribution in [1.29, 1.82) is 0 Å². The van der Waals surface area contributed by atoms with Gasteiger partial charge in [0.15, 0.2) is 5.75 Å². The van der Waals surface area contributed by atoms with Gasteiger partial charge in [0.25, 0.3) is 5.91 Å². The zero-order valence-electron chi connectivity index (χ0n) is 19.6. The second-order valence-electron chi connectivity index (χ2n) is 8.18. The number of fused-ring (bicyclic) bond motifs is 1. The van der Waals surface area contributed by atoms with Gasteiger partial charge < -0.3 is 19.8 Å². The predicted octanol–water partition coefficient (Wildman–Crippen LogP) is 3.53. The summed E-state index contributed by atoms with van der Waals surface area (Å²) in [4.78, 5) is 39.0. The third-order valence-electron chi connectivity index (χ3n) is 5.04. The van der Waals surface area contributed by atoms with Crippen molar-refractivity contribution in [3.05, 3.63) is 69.9 Å². The van der Waals surface area contributed by atoms with Gasteiger partial charge in [-0.25, -0.2) is 10.2 Å². The molecule has 0 radical (unpaired) electrons. The molecule has 2 amide bonds. The smallest absolute Gasteiger partial charge is 0.407 e. The highest BCUT2D eigenvalue weighted by molar-refractivity contribution is 5.89. The highest BCUT2D eigenvalue weighted by Crippen LogP contribution is 2.26. The lowest BCUT2D eigenvalue weighted by Crippen LogP contribution is -2.47. The Morgan fingerprint density at radius 3 is 2.71 bits per heavy atom. The number of hydrogen-bond acceptors (Lipinski definition) is 7. The first-order chi connectivity index (χ1) is 16.8. The fourth-order valence-electron chi connectivity index (χ4n) is 3.33. The standard InChI is InChI=1S/C24H27N5O6/c1-15(2)14-35-24(31)27-20(11-17-13-25-19-7-5-4-6-18(17)19)23(30)28-26-12-16-8-9-22(34-3)21(10-16)29(32)33/h4-10,12-13,15,20,25H,11,14H2,1-3H3,(H,27,31)(H,28,30). The summed E-state index contributed by atoms with van der Waals surface area (Å²) < 4.78 is 10.1. The van der Waals surface area contributed by atoms with E-state index in [0.29, 0.717) is 5.56 Å². The number of aromatic nitrogens is 1. The van der Waals surface area contributed by atoms with E-state index in [1.807, 2.05) is 38.1 Å². The van der Waals surface area contributed by atoms with Crippen molar-refractivity contribution in [2.24, 2.45) is 11.0 Å². The Morgan fingerprint density at radius 2 is 2.00 bits per heavy atom. The molecule has 0 saturated heterocycles. The van der Waals surface area contributed by atoms with E-state index in [4.69, 9.17) is 9.47 Å². The molecule has 1 aromatic heterocycles. The molecule has 0 bridgehead atoms. The Balaban J connectivity index is 1.75. The van der Waals surface area contributed by atoms with E-state index >= 15 is 0 Å². The number of carbonyl (C=O) groups excluding carboxylic acids is 2. The molecule has 3 rings (SSSR count). The summed E-state index contributed by atoms with van der Waals surface area (Å²) >= 11 is 0. The van der Waals surface area contributed by atoms with E-state index in [1.165, 1.54) is 25.5 Å². The van der Waals surface area contributed by atoms with Crippen LogP contribution in [0.4, 0.5) is 10.5 Å². The van der Waals surface area contributed by atoms with Gasteiger partial charge in [0, 0.05) is 35.2 Å². The number of nitro groups is 1. The van der Waals surface area contributed by atoms with Crippen LogP contribution in [0.1, 0.15) is 25.0 Å². The van der Waals surface area contributed by atoms with Crippen LogP contribution in [0.15, 0.2) is 53.8 Å². The third kappa shape index (κ3) is 6.79. The highest BCUT2D eigenvalue weighted by Gasteiger charge is 2.23. The number of H-pyrrole nitrogens is 1. The van der Waals surface area contributed by atoms with Crippen molar-refractivity contribution in [1.82, 2.24) is 15.7 Å². The van der Waals surface area contributed by atoms with Crippen LogP contribution in [0.3, 0.4) is 0 Å². The van der Waals surface area contributed by atoms with Gasteiger partial charge in [-0.1, -0.05) is 32.0 Å². The molecule has 11 heteroatoms. The zero-order chi connectivity index (χ0) is 25.4. The second kappa shape index (κ2) is 11.6. The number of ether oxygens (including phenoxy) is 2. The van der Waals surface area contributed by atoms with Crippen molar-refractivity contribution >= 4 is 34.8 Å². The summed E-state index contributed by atoms with van der Waals surface area (Å²) in [5.41, 5.74) is 4.28. The number of nitro benzene ring substituents is 1. The summed E-state index contributed by atoms with van der Waals surface area (Å²) in [7, 11) is 1.34. The van der Waals surface area contributed by atoms with Gasteiger partial charge in [0.05, 0.1) is 24.9 Å². The van der Waals surface area contributed by atoms with Crippen molar-refractivity contribution < 1.29 is 24.0 Å². The Morgan fingerprint density at radius 1 is 1.23 bits per heavy atom. The van der Waals surface area contributed by atoms with E-state index in [9.17, 15) is 19.7 Å². The Labute approximate surface area is 201 Å². The summed E-state index contributed by atoms with van der Waals surface area (Å²) in [6.07, 6.45) is 2.53. The Kier molecular flexibility index (Phi) is 8.38. The maximum Gasteiger partial charge on any atom is 0.407 e. The van der Waals surface area contributed by atoms with Crippen LogP contribution >= 0.6 is 0 Å². The van der Waals surface area contributed by atoms with Gasteiger partial charge in [-0.05, 0) is 29.7 Å². The maximum absolute atomic E-state index is 12.9. The fourth-order valence-corrected chi connectivity index (χ4v) is 3.33. The van der Waals surface area contributed by atoms with Crippen LogP contribution < -0.4 is 15.5 Å². The van der Waals surface area contributed by atoms with Gasteiger partial charge in [-0.3, -0.25) is 14.9 Å². The van der Waals surface area contributed by atoms with E-state index in [-0.39, 0.29) is 30.4 Å². The number of hydrogen-bond donors (Lipinski definition) is 3. The van der Waals surface area contributed by atoms with Crippen LogP contribution in [-0.4, -0.2) is 47.9 Å². The molecule has 3 aromatic rings. The number of hydrazone groups is 1. The van der Waals surface area contributed by atoms with Gasteiger partial charge in [0.2, 0.25) is 0 Å². The Hall–Kier alpha value is -4.41. The molecule has 0 fully saturated rings. The largest absolute Gasteiger partial charge is 0.490 e. The molecular weight excluding hydrogens is 454 g/mol. The number of alkyl carbamates (subject to hydrolysis) is 1. The number of amides is 2. The van der Waals surface area contributed by atoms with E-state index in [2.05, 4.69) is 20.8 Å². The summed E-state index contributed by atoms with van der Waals surface area (Å²) in [5, 5.41) is 18.6. The number of nitrogens with one attached hydrogen (secondary N) is 3. The van der Waals surface area contributed by atoms with Crippen molar-refractivity contribution in [3.63, 3.8) is 0 Å². The fraction of sp³-hybridized carbons (Fsp3) is 0.292. The number of nitrogens with zero attached hydrogens (tertiary/aromatic N) is 2. The van der Waals surface area contributed by atoms with Crippen LogP contribution in [-0.2, 0) is 16.0 Å². The lowest BCUT2D eigenvalue weighted by Gasteiger charge is -2.17. The predicted molar refractivity (Wildman–Crippen MR) is 130 cm³/mol. The molecule has 2 aromatic carbocycles. The monoisotopic (exact) mass is 481 g/mol. The van der Waals surface area contributed by atoms with Gasteiger partial charge in [-0.2, -0.15) is 5.10 Å². The normalized spacial score (nSPS) is 12.0. The lowest BCUT2D eigenvalue weighted by molar-refractivity contribution is -0.385. The quantitative estimate of drug-likeness (QED) is 0.229. The molecular formula is C24H27N5O6. The average molecular weight is 482 g/mol. The maximum atomic E-state index is 12.9. The molecule has 0 saturated carbocycles. The number of benzene rings is 2. The number of rotatable bonds is 10. The molecule has 0 spiro atoms. The minimum absolute atomic E-state index is 0.110. The SMILES string of the molecule is COc1ccc(C=NNC(=O)C(Cc2c[nH]c3ccccc23)NC(=O)OCC(C)C)cc1[N+](=O)[O-]. The van der Waals surface area contributed by atoms with Crippen molar-refractivity contribution in [2.75, 3.05) is 13.7 Å². The number of aromatic amines is 1. The molecule has 35 heavy (non-hydrogen) atoms.